The van der Waals surface area contributed by atoms with Crippen LogP contribution in [0.15, 0.2) is 46.9 Å². The molecule has 148 valence electrons. The highest BCUT2D eigenvalue weighted by atomic mass is 32.2. The number of non-ortho nitro benzene ring substituents is 1. The van der Waals surface area contributed by atoms with E-state index in [0.29, 0.717) is 37.2 Å². The van der Waals surface area contributed by atoms with Crippen molar-refractivity contribution in [1.29, 1.82) is 0 Å². The molecule has 3 rings (SSSR count). The molecule has 0 bridgehead atoms. The van der Waals surface area contributed by atoms with Gasteiger partial charge in [-0.15, -0.1) is 0 Å². The Kier molecular flexibility index (Phi) is 5.43. The Bertz CT molecular complexity index is 1060. The van der Waals surface area contributed by atoms with E-state index in [2.05, 4.69) is 0 Å². The Morgan fingerprint density at radius 3 is 2.32 bits per heavy atom. The number of anilines is 1. The first-order valence-electron chi connectivity index (χ1n) is 8.36. The van der Waals surface area contributed by atoms with Gasteiger partial charge in [0.2, 0.25) is 10.0 Å². The lowest BCUT2D eigenvalue weighted by molar-refractivity contribution is -0.385. The molecule has 2 aromatic carbocycles. The van der Waals surface area contributed by atoms with Gasteiger partial charge >= 0.3 is 0 Å². The fraction of sp³-hybridized carbons (Fsp3) is 0.222. The van der Waals surface area contributed by atoms with Crippen LogP contribution in [0.5, 0.6) is 0 Å². The minimum atomic E-state index is -4.15. The van der Waals surface area contributed by atoms with Gasteiger partial charge in [0.25, 0.3) is 5.69 Å². The van der Waals surface area contributed by atoms with E-state index in [0.717, 1.165) is 23.8 Å². The summed E-state index contributed by atoms with van der Waals surface area (Å²) in [4.78, 5) is 11.7. The molecule has 0 aromatic heterocycles. The second-order valence-corrected chi connectivity index (χ2v) is 7.95. The molecule has 1 aliphatic heterocycles. The summed E-state index contributed by atoms with van der Waals surface area (Å²) in [6, 6.07) is 7.22. The predicted molar refractivity (Wildman–Crippen MR) is 100 cm³/mol. The van der Waals surface area contributed by atoms with Crippen LogP contribution in [0, 0.1) is 21.7 Å². The molecule has 0 radical (unpaired) electrons. The van der Waals surface area contributed by atoms with Gasteiger partial charge in [-0.3, -0.25) is 10.1 Å². The molecule has 10 heteroatoms. The van der Waals surface area contributed by atoms with Gasteiger partial charge < -0.3 is 4.90 Å². The van der Waals surface area contributed by atoms with Crippen LogP contribution in [0.2, 0.25) is 0 Å². The molecule has 1 heterocycles. The number of nitro groups is 1. The first-order chi connectivity index (χ1) is 13.1. The van der Waals surface area contributed by atoms with Crippen LogP contribution >= 0.6 is 0 Å². The molecule has 1 fully saturated rings. The summed E-state index contributed by atoms with van der Waals surface area (Å²) in [5.41, 5.74) is 1.49. The molecule has 2 N–H and O–H groups in total. The number of halogens is 2. The number of piperidine rings is 1. The first kappa shape index (κ1) is 19.9. The maximum absolute atomic E-state index is 13.3. The number of primary sulfonamides is 1. The monoisotopic (exact) mass is 409 g/mol. The number of nitro benzene ring substituents is 1. The molecular weight excluding hydrogens is 392 g/mol. The zero-order valence-corrected chi connectivity index (χ0v) is 15.5. The maximum atomic E-state index is 13.3. The molecule has 28 heavy (non-hydrogen) atoms. The number of nitrogens with zero attached hydrogens (tertiary/aromatic N) is 2. The molecule has 1 aliphatic rings. The van der Waals surface area contributed by atoms with Crippen molar-refractivity contribution in [2.24, 2.45) is 5.14 Å². The molecule has 0 saturated carbocycles. The average molecular weight is 409 g/mol. The van der Waals surface area contributed by atoms with Gasteiger partial charge in [-0.05, 0) is 36.6 Å². The van der Waals surface area contributed by atoms with E-state index in [4.69, 9.17) is 5.14 Å². The second-order valence-electron chi connectivity index (χ2n) is 6.42. The SMILES string of the molecule is NS(=O)(=O)c1cc([N+](=O)[O-])ccc1N1CCC(=Cc2ccc(F)c(F)c2)CC1. The molecule has 7 nitrogen and oxygen atoms in total. The smallest absolute Gasteiger partial charge is 0.270 e. The predicted octanol–water partition coefficient (Wildman–Crippen LogP) is 3.20. The van der Waals surface area contributed by atoms with Crippen molar-refractivity contribution < 1.29 is 22.1 Å². The fourth-order valence-corrected chi connectivity index (χ4v) is 3.90. The number of hydrogen-bond donors (Lipinski definition) is 1. The number of sulfonamides is 1. The Morgan fingerprint density at radius 1 is 1.07 bits per heavy atom. The molecule has 0 aliphatic carbocycles. The number of nitrogens with two attached hydrogens (primary N) is 1. The Morgan fingerprint density at radius 2 is 1.75 bits per heavy atom. The summed E-state index contributed by atoms with van der Waals surface area (Å²) in [6.07, 6.45) is 2.91. The van der Waals surface area contributed by atoms with Crippen molar-refractivity contribution in [3.8, 4) is 0 Å². The maximum Gasteiger partial charge on any atom is 0.270 e. The van der Waals surface area contributed by atoms with Gasteiger partial charge in [-0.1, -0.05) is 17.7 Å². The third-order valence-corrected chi connectivity index (χ3v) is 5.46. The van der Waals surface area contributed by atoms with E-state index in [1.807, 2.05) is 0 Å². The van der Waals surface area contributed by atoms with Crippen LogP contribution in [0.25, 0.3) is 6.08 Å². The van der Waals surface area contributed by atoms with E-state index in [1.165, 1.54) is 18.2 Å². The highest BCUT2D eigenvalue weighted by Crippen LogP contribution is 2.32. The van der Waals surface area contributed by atoms with Gasteiger partial charge in [0.15, 0.2) is 11.6 Å². The highest BCUT2D eigenvalue weighted by Gasteiger charge is 2.24. The third kappa shape index (κ3) is 4.34. The van der Waals surface area contributed by atoms with Crippen LogP contribution in [0.3, 0.4) is 0 Å². The van der Waals surface area contributed by atoms with Crippen molar-refractivity contribution in [3.63, 3.8) is 0 Å². The van der Waals surface area contributed by atoms with Crippen molar-refractivity contribution >= 4 is 27.5 Å². The number of hydrogen-bond acceptors (Lipinski definition) is 5. The van der Waals surface area contributed by atoms with Crippen LogP contribution in [0.4, 0.5) is 20.2 Å². The molecule has 0 spiro atoms. The third-order valence-electron chi connectivity index (χ3n) is 4.52. The lowest BCUT2D eigenvalue weighted by Gasteiger charge is -2.31. The van der Waals surface area contributed by atoms with E-state index < -0.39 is 26.6 Å². The summed E-state index contributed by atoms with van der Waals surface area (Å²) in [6.45, 7) is 0.908. The summed E-state index contributed by atoms with van der Waals surface area (Å²) < 4.78 is 50.1. The standard InChI is InChI=1S/C18H17F2N3O4S/c19-15-3-1-13(10-16(15)20)9-12-5-7-22(8-6-12)17-4-2-14(23(24)25)11-18(17)28(21,26)27/h1-4,9-11H,5-8H2,(H2,21,26,27). The first-order valence-corrected chi connectivity index (χ1v) is 9.90. The lowest BCUT2D eigenvalue weighted by atomic mass is 10.0. The quantitative estimate of drug-likeness (QED) is 0.616. The zero-order valence-electron chi connectivity index (χ0n) is 14.6. The number of rotatable bonds is 4. The summed E-state index contributed by atoms with van der Waals surface area (Å²) >= 11 is 0. The summed E-state index contributed by atoms with van der Waals surface area (Å²) in [7, 11) is -4.15. The van der Waals surface area contributed by atoms with Gasteiger partial charge in [-0.2, -0.15) is 0 Å². The van der Waals surface area contributed by atoms with Gasteiger partial charge in [-0.25, -0.2) is 22.3 Å². The van der Waals surface area contributed by atoms with E-state index >= 15 is 0 Å². The average Bonchev–Trinajstić information content (AvgIpc) is 2.64. The lowest BCUT2D eigenvalue weighted by Crippen LogP contribution is -2.32. The molecule has 0 unspecified atom stereocenters. The van der Waals surface area contributed by atoms with Gasteiger partial charge in [0.05, 0.1) is 10.6 Å². The molecule has 0 amide bonds. The minimum Gasteiger partial charge on any atom is -0.370 e. The Hall–Kier alpha value is -2.85. The highest BCUT2D eigenvalue weighted by molar-refractivity contribution is 7.89. The molecular formula is C18H17F2N3O4S. The summed E-state index contributed by atoms with van der Waals surface area (Å²) in [5.74, 6) is -1.83. The van der Waals surface area contributed by atoms with Crippen LogP contribution in [0.1, 0.15) is 18.4 Å². The van der Waals surface area contributed by atoms with Crippen molar-refractivity contribution in [1.82, 2.24) is 0 Å². The topological polar surface area (TPSA) is 107 Å². The molecule has 1 saturated heterocycles. The van der Waals surface area contributed by atoms with Gasteiger partial charge in [0, 0.05) is 25.2 Å². The molecule has 2 aromatic rings. The van der Waals surface area contributed by atoms with Gasteiger partial charge in [0.1, 0.15) is 4.90 Å². The second kappa shape index (κ2) is 7.64. The number of benzene rings is 2. The normalized spacial score (nSPS) is 14.8. The van der Waals surface area contributed by atoms with Crippen molar-refractivity contribution in [3.05, 3.63) is 69.3 Å². The Labute approximate surface area is 160 Å². The Balaban J connectivity index is 1.82. The largest absolute Gasteiger partial charge is 0.370 e. The van der Waals surface area contributed by atoms with Crippen molar-refractivity contribution in [2.45, 2.75) is 17.7 Å². The van der Waals surface area contributed by atoms with Crippen LogP contribution in [-0.4, -0.2) is 26.4 Å². The van der Waals surface area contributed by atoms with Crippen LogP contribution in [-0.2, 0) is 10.0 Å². The van der Waals surface area contributed by atoms with Crippen LogP contribution < -0.4 is 10.0 Å². The van der Waals surface area contributed by atoms with E-state index in [1.54, 1.807) is 11.0 Å². The molecule has 0 atom stereocenters. The zero-order chi connectivity index (χ0) is 20.5. The van der Waals surface area contributed by atoms with E-state index in [-0.39, 0.29) is 10.6 Å². The minimum absolute atomic E-state index is 0.297. The van der Waals surface area contributed by atoms with E-state index in [9.17, 15) is 27.3 Å². The van der Waals surface area contributed by atoms with Crippen molar-refractivity contribution in [2.75, 3.05) is 18.0 Å². The summed E-state index contributed by atoms with van der Waals surface area (Å²) in [5, 5.41) is 16.2. The fourth-order valence-electron chi connectivity index (χ4n) is 3.12.